The predicted octanol–water partition coefficient (Wildman–Crippen LogP) is 1.02. The Morgan fingerprint density at radius 3 is 2.87 bits per heavy atom. The number of hydrogen-bond acceptors (Lipinski definition) is 2. The van der Waals surface area contributed by atoms with Crippen molar-refractivity contribution in [3.8, 4) is 0 Å². The number of aromatic nitrogens is 3. The molecule has 3 unspecified atom stereocenters. The molecule has 2 saturated carbocycles. The van der Waals surface area contributed by atoms with E-state index in [1.807, 2.05) is 0 Å². The number of nitrogens with zero attached hydrogens (tertiary/aromatic N) is 3. The van der Waals surface area contributed by atoms with Crippen LogP contribution in [0.5, 0.6) is 0 Å². The molecule has 2 aliphatic carbocycles. The zero-order valence-electron chi connectivity index (χ0n) is 9.09. The quantitative estimate of drug-likeness (QED) is 0.726. The van der Waals surface area contributed by atoms with Crippen LogP contribution in [0.15, 0.2) is 11.1 Å². The van der Waals surface area contributed by atoms with E-state index in [2.05, 4.69) is 5.10 Å². The number of hydrogen-bond donors (Lipinski definition) is 0. The predicted molar refractivity (Wildman–Crippen MR) is 56.4 cm³/mol. The van der Waals surface area contributed by atoms with E-state index in [0.29, 0.717) is 5.92 Å². The third kappa shape index (κ3) is 1.43. The minimum absolute atomic E-state index is 0.0257. The average molecular weight is 207 g/mol. The molecular formula is C11H17N3O. The molecular weight excluding hydrogens is 190 g/mol. The van der Waals surface area contributed by atoms with E-state index >= 15 is 0 Å². The Kier molecular flexibility index (Phi) is 1.97. The highest BCUT2D eigenvalue weighted by atomic mass is 16.2. The second-order valence-corrected chi connectivity index (χ2v) is 5.14. The largest absolute Gasteiger partial charge is 0.345 e. The van der Waals surface area contributed by atoms with Gasteiger partial charge in [-0.15, -0.1) is 0 Å². The molecule has 1 heterocycles. The molecule has 0 aliphatic heterocycles. The van der Waals surface area contributed by atoms with Gasteiger partial charge in [-0.25, -0.2) is 9.48 Å². The normalized spacial score (nSPS) is 33.8. The highest BCUT2D eigenvalue weighted by molar-refractivity contribution is 4.89. The minimum Gasteiger partial charge on any atom is -0.285 e. The van der Waals surface area contributed by atoms with E-state index in [0.717, 1.165) is 18.4 Å². The lowest BCUT2D eigenvalue weighted by molar-refractivity contribution is 0.281. The van der Waals surface area contributed by atoms with Gasteiger partial charge in [-0.2, -0.15) is 5.10 Å². The maximum absolute atomic E-state index is 11.6. The van der Waals surface area contributed by atoms with Crippen molar-refractivity contribution >= 4 is 0 Å². The Morgan fingerprint density at radius 1 is 1.47 bits per heavy atom. The van der Waals surface area contributed by atoms with Crippen LogP contribution < -0.4 is 5.69 Å². The second-order valence-electron chi connectivity index (χ2n) is 5.14. The van der Waals surface area contributed by atoms with E-state index in [9.17, 15) is 4.79 Å². The second kappa shape index (κ2) is 3.22. The van der Waals surface area contributed by atoms with Gasteiger partial charge in [0.1, 0.15) is 6.33 Å². The molecule has 2 bridgehead atoms. The Morgan fingerprint density at radius 2 is 2.33 bits per heavy atom. The Hall–Kier alpha value is -1.06. The van der Waals surface area contributed by atoms with Crippen molar-refractivity contribution in [2.75, 3.05) is 0 Å². The van der Waals surface area contributed by atoms with E-state index in [-0.39, 0.29) is 5.69 Å². The Labute approximate surface area is 88.9 Å². The Bertz CT molecular complexity index is 420. The number of rotatable bonds is 2. The van der Waals surface area contributed by atoms with E-state index < -0.39 is 0 Å². The van der Waals surface area contributed by atoms with Gasteiger partial charge in [0.05, 0.1) is 0 Å². The molecule has 15 heavy (non-hydrogen) atoms. The highest BCUT2D eigenvalue weighted by Gasteiger charge is 2.39. The standard InChI is InChI=1S/C11H17N3O/c1-13-7-12-14(11(13)15)6-10-5-8-2-3-9(10)4-8/h7-10H,2-6H2,1H3. The summed E-state index contributed by atoms with van der Waals surface area (Å²) in [6, 6.07) is 0. The van der Waals surface area contributed by atoms with Crippen molar-refractivity contribution in [3.05, 3.63) is 16.8 Å². The lowest BCUT2D eigenvalue weighted by Crippen LogP contribution is -2.28. The molecule has 82 valence electrons. The minimum atomic E-state index is 0.0257. The van der Waals surface area contributed by atoms with E-state index in [1.165, 1.54) is 25.7 Å². The summed E-state index contributed by atoms with van der Waals surface area (Å²) in [7, 11) is 1.76. The van der Waals surface area contributed by atoms with Gasteiger partial charge in [-0.1, -0.05) is 6.42 Å². The van der Waals surface area contributed by atoms with Gasteiger partial charge in [0.25, 0.3) is 0 Å². The first-order chi connectivity index (χ1) is 7.24. The van der Waals surface area contributed by atoms with Crippen molar-refractivity contribution in [2.45, 2.75) is 32.2 Å². The van der Waals surface area contributed by atoms with Gasteiger partial charge in [0.15, 0.2) is 0 Å². The Balaban J connectivity index is 1.76. The summed E-state index contributed by atoms with van der Waals surface area (Å²) in [5, 5.41) is 4.13. The fourth-order valence-corrected chi connectivity index (χ4v) is 3.37. The first kappa shape index (κ1) is 9.19. The fourth-order valence-electron chi connectivity index (χ4n) is 3.37. The van der Waals surface area contributed by atoms with Crippen LogP contribution in [0, 0.1) is 17.8 Å². The lowest BCUT2D eigenvalue weighted by atomic mass is 9.89. The zero-order chi connectivity index (χ0) is 10.4. The summed E-state index contributed by atoms with van der Waals surface area (Å²) in [6.07, 6.45) is 7.10. The van der Waals surface area contributed by atoms with Crippen LogP contribution in [0.4, 0.5) is 0 Å². The number of aryl methyl sites for hydroxylation is 1. The summed E-state index contributed by atoms with van der Waals surface area (Å²) in [4.78, 5) is 11.6. The van der Waals surface area contributed by atoms with Crippen molar-refractivity contribution in [3.63, 3.8) is 0 Å². The summed E-state index contributed by atoms with van der Waals surface area (Å²) in [5.41, 5.74) is 0.0257. The van der Waals surface area contributed by atoms with Crippen LogP contribution >= 0.6 is 0 Å². The van der Waals surface area contributed by atoms with Crippen molar-refractivity contribution in [1.82, 2.24) is 14.3 Å². The fraction of sp³-hybridized carbons (Fsp3) is 0.818. The van der Waals surface area contributed by atoms with Crippen LogP contribution in [0.2, 0.25) is 0 Å². The summed E-state index contributed by atoms with van der Waals surface area (Å²) in [5.74, 6) is 2.51. The molecule has 1 aromatic heterocycles. The van der Waals surface area contributed by atoms with E-state index in [1.54, 1.807) is 22.6 Å². The summed E-state index contributed by atoms with van der Waals surface area (Å²) < 4.78 is 3.18. The maximum Gasteiger partial charge on any atom is 0.345 e. The molecule has 0 saturated heterocycles. The molecule has 2 fully saturated rings. The number of fused-ring (bicyclic) bond motifs is 2. The van der Waals surface area contributed by atoms with Crippen molar-refractivity contribution in [1.29, 1.82) is 0 Å². The summed E-state index contributed by atoms with van der Waals surface area (Å²) >= 11 is 0. The van der Waals surface area contributed by atoms with Gasteiger partial charge < -0.3 is 0 Å². The van der Waals surface area contributed by atoms with Crippen LogP contribution in [-0.4, -0.2) is 14.3 Å². The van der Waals surface area contributed by atoms with Crippen molar-refractivity contribution < 1.29 is 0 Å². The first-order valence-corrected chi connectivity index (χ1v) is 5.82. The van der Waals surface area contributed by atoms with Gasteiger partial charge in [-0.05, 0) is 37.0 Å². The molecule has 4 heteroatoms. The molecule has 4 nitrogen and oxygen atoms in total. The van der Waals surface area contributed by atoms with Gasteiger partial charge in [0, 0.05) is 13.6 Å². The van der Waals surface area contributed by atoms with E-state index in [4.69, 9.17) is 0 Å². The SMILES string of the molecule is Cn1cnn(CC2CC3CCC2C3)c1=O. The molecule has 2 aliphatic rings. The van der Waals surface area contributed by atoms with Gasteiger partial charge in [0.2, 0.25) is 0 Å². The lowest BCUT2D eigenvalue weighted by Gasteiger charge is -2.20. The van der Waals surface area contributed by atoms with Crippen molar-refractivity contribution in [2.24, 2.45) is 24.8 Å². The van der Waals surface area contributed by atoms with Crippen LogP contribution in [0.1, 0.15) is 25.7 Å². The van der Waals surface area contributed by atoms with Gasteiger partial charge in [-0.3, -0.25) is 4.57 Å². The van der Waals surface area contributed by atoms with Crippen LogP contribution in [-0.2, 0) is 13.6 Å². The van der Waals surface area contributed by atoms with Gasteiger partial charge >= 0.3 is 5.69 Å². The monoisotopic (exact) mass is 207 g/mol. The van der Waals surface area contributed by atoms with Crippen LogP contribution in [0.25, 0.3) is 0 Å². The third-order valence-corrected chi connectivity index (χ3v) is 4.18. The first-order valence-electron chi connectivity index (χ1n) is 5.82. The molecule has 3 atom stereocenters. The summed E-state index contributed by atoms with van der Waals surface area (Å²) in [6.45, 7) is 0.834. The molecule has 0 N–H and O–H groups in total. The molecule has 3 rings (SSSR count). The molecule has 1 aromatic rings. The zero-order valence-corrected chi connectivity index (χ0v) is 9.09. The topological polar surface area (TPSA) is 39.8 Å². The average Bonchev–Trinajstić information content (AvgIpc) is 2.89. The molecule has 0 aromatic carbocycles. The molecule has 0 amide bonds. The molecule has 0 radical (unpaired) electrons. The van der Waals surface area contributed by atoms with Crippen LogP contribution in [0.3, 0.4) is 0 Å². The maximum atomic E-state index is 11.6. The third-order valence-electron chi connectivity index (χ3n) is 4.18. The highest BCUT2D eigenvalue weighted by Crippen LogP contribution is 2.48. The smallest absolute Gasteiger partial charge is 0.285 e. The molecule has 0 spiro atoms.